The van der Waals surface area contributed by atoms with E-state index >= 15 is 0 Å². The highest BCUT2D eigenvalue weighted by Crippen LogP contribution is 2.21. The minimum absolute atomic E-state index is 0.0994. The smallest absolute Gasteiger partial charge is 0.277 e. The Kier molecular flexibility index (Phi) is 6.18. The number of aryl methyl sites for hydroxylation is 1. The van der Waals surface area contributed by atoms with E-state index in [9.17, 15) is 4.79 Å². The van der Waals surface area contributed by atoms with Crippen molar-refractivity contribution in [1.29, 1.82) is 0 Å². The summed E-state index contributed by atoms with van der Waals surface area (Å²) in [6, 6.07) is 15.0. The summed E-state index contributed by atoms with van der Waals surface area (Å²) in [6.45, 7) is 3.77. The van der Waals surface area contributed by atoms with Gasteiger partial charge < -0.3 is 4.74 Å². The van der Waals surface area contributed by atoms with Crippen LogP contribution in [0, 0.1) is 6.92 Å². The maximum atomic E-state index is 11.9. The summed E-state index contributed by atoms with van der Waals surface area (Å²) in [4.78, 5) is 11.9. The van der Waals surface area contributed by atoms with Crippen molar-refractivity contribution < 1.29 is 9.53 Å². The number of nitrogens with zero attached hydrogens (tertiary/aromatic N) is 1. The van der Waals surface area contributed by atoms with Gasteiger partial charge in [-0.25, -0.2) is 5.43 Å². The van der Waals surface area contributed by atoms with Crippen molar-refractivity contribution in [3.8, 4) is 5.75 Å². The van der Waals surface area contributed by atoms with Crippen molar-refractivity contribution >= 4 is 23.2 Å². The van der Waals surface area contributed by atoms with Gasteiger partial charge in [0.1, 0.15) is 5.75 Å². The minimum Gasteiger partial charge on any atom is -0.483 e. The lowest BCUT2D eigenvalue weighted by Crippen LogP contribution is -2.26. The molecular formula is C18H19ClN2O2. The van der Waals surface area contributed by atoms with Crippen LogP contribution in [-0.2, 0) is 4.79 Å². The number of benzene rings is 2. The number of carbonyl (C=O) groups excluding carboxylic acids is 1. The fourth-order valence-electron chi connectivity index (χ4n) is 2.06. The SMILES string of the molecule is CC/C(=N\NC(=O)COc1ccc(Cl)cc1C)c1ccccc1. The highest BCUT2D eigenvalue weighted by molar-refractivity contribution is 6.30. The van der Waals surface area contributed by atoms with E-state index in [2.05, 4.69) is 10.5 Å². The third-order valence-corrected chi connectivity index (χ3v) is 3.49. The normalized spacial score (nSPS) is 11.2. The zero-order valence-corrected chi connectivity index (χ0v) is 13.9. The van der Waals surface area contributed by atoms with Crippen molar-refractivity contribution in [3.63, 3.8) is 0 Å². The van der Waals surface area contributed by atoms with Crippen LogP contribution in [-0.4, -0.2) is 18.2 Å². The van der Waals surface area contributed by atoms with Crippen LogP contribution in [0.25, 0.3) is 0 Å². The summed E-state index contributed by atoms with van der Waals surface area (Å²) >= 11 is 5.89. The number of halogens is 1. The fourth-order valence-corrected chi connectivity index (χ4v) is 2.29. The second kappa shape index (κ2) is 8.34. The first kappa shape index (κ1) is 17.0. The number of rotatable bonds is 6. The van der Waals surface area contributed by atoms with E-state index < -0.39 is 0 Å². The average Bonchev–Trinajstić information content (AvgIpc) is 2.55. The van der Waals surface area contributed by atoms with E-state index in [1.165, 1.54) is 0 Å². The van der Waals surface area contributed by atoms with Crippen LogP contribution in [0.2, 0.25) is 5.02 Å². The molecule has 120 valence electrons. The number of carbonyl (C=O) groups is 1. The zero-order valence-electron chi connectivity index (χ0n) is 13.2. The molecule has 0 spiro atoms. The van der Waals surface area contributed by atoms with Gasteiger partial charge in [0.15, 0.2) is 6.61 Å². The van der Waals surface area contributed by atoms with Crippen LogP contribution in [0.5, 0.6) is 5.75 Å². The molecule has 0 heterocycles. The van der Waals surface area contributed by atoms with E-state index in [-0.39, 0.29) is 12.5 Å². The molecule has 1 amide bonds. The van der Waals surface area contributed by atoms with Gasteiger partial charge in [0, 0.05) is 5.02 Å². The molecule has 0 radical (unpaired) electrons. The van der Waals surface area contributed by atoms with Gasteiger partial charge >= 0.3 is 0 Å². The van der Waals surface area contributed by atoms with Gasteiger partial charge in [0.2, 0.25) is 0 Å². The molecule has 23 heavy (non-hydrogen) atoms. The van der Waals surface area contributed by atoms with E-state index in [4.69, 9.17) is 16.3 Å². The van der Waals surface area contributed by atoms with E-state index in [1.54, 1.807) is 18.2 Å². The molecular weight excluding hydrogens is 312 g/mol. The second-order valence-corrected chi connectivity index (χ2v) is 5.45. The summed E-state index contributed by atoms with van der Waals surface area (Å²) in [6.07, 6.45) is 0.724. The zero-order chi connectivity index (χ0) is 16.7. The third-order valence-electron chi connectivity index (χ3n) is 3.25. The summed E-state index contributed by atoms with van der Waals surface area (Å²) in [5.74, 6) is 0.327. The van der Waals surface area contributed by atoms with E-state index in [1.807, 2.05) is 44.2 Å². The average molecular weight is 331 g/mol. The highest BCUT2D eigenvalue weighted by atomic mass is 35.5. The van der Waals surface area contributed by atoms with Crippen LogP contribution in [0.1, 0.15) is 24.5 Å². The molecule has 4 nitrogen and oxygen atoms in total. The van der Waals surface area contributed by atoms with Crippen LogP contribution in [0.15, 0.2) is 53.6 Å². The fraction of sp³-hybridized carbons (Fsp3) is 0.222. The standard InChI is InChI=1S/C18H19ClN2O2/c1-3-16(14-7-5-4-6-8-14)20-21-18(22)12-23-17-10-9-15(19)11-13(17)2/h4-11H,3,12H2,1-2H3,(H,21,22)/b20-16+. The molecule has 0 fully saturated rings. The van der Waals surface area contributed by atoms with E-state index in [0.717, 1.165) is 23.3 Å². The quantitative estimate of drug-likeness (QED) is 0.644. The number of nitrogens with one attached hydrogen (secondary N) is 1. The molecule has 2 aromatic carbocycles. The Balaban J connectivity index is 1.92. The molecule has 2 aromatic rings. The molecule has 0 bridgehead atoms. The minimum atomic E-state index is -0.304. The van der Waals surface area contributed by atoms with Crippen LogP contribution in [0.4, 0.5) is 0 Å². The molecule has 0 saturated carbocycles. The van der Waals surface area contributed by atoms with Gasteiger partial charge in [-0.3, -0.25) is 4.79 Å². The molecule has 5 heteroatoms. The molecule has 0 saturated heterocycles. The Morgan fingerprint density at radius 2 is 1.96 bits per heavy atom. The predicted octanol–water partition coefficient (Wildman–Crippen LogP) is 3.96. The van der Waals surface area contributed by atoms with Gasteiger partial charge in [-0.2, -0.15) is 5.10 Å². The number of hydrogen-bond acceptors (Lipinski definition) is 3. The number of hydrazone groups is 1. The monoisotopic (exact) mass is 330 g/mol. The second-order valence-electron chi connectivity index (χ2n) is 5.01. The lowest BCUT2D eigenvalue weighted by Gasteiger charge is -2.09. The lowest BCUT2D eigenvalue weighted by molar-refractivity contribution is -0.123. The van der Waals surface area contributed by atoms with Crippen LogP contribution >= 0.6 is 11.6 Å². The Bertz CT molecular complexity index is 699. The van der Waals surface area contributed by atoms with Crippen molar-refractivity contribution in [2.24, 2.45) is 5.10 Å². The van der Waals surface area contributed by atoms with Crippen molar-refractivity contribution in [2.75, 3.05) is 6.61 Å². The number of amides is 1. The maximum Gasteiger partial charge on any atom is 0.277 e. The predicted molar refractivity (Wildman–Crippen MR) is 93.1 cm³/mol. The van der Waals surface area contributed by atoms with Crippen molar-refractivity contribution in [3.05, 3.63) is 64.7 Å². The number of ether oxygens (including phenoxy) is 1. The first-order valence-electron chi connectivity index (χ1n) is 7.40. The Hall–Kier alpha value is -2.33. The third kappa shape index (κ3) is 5.11. The topological polar surface area (TPSA) is 50.7 Å². The maximum absolute atomic E-state index is 11.9. The van der Waals surface area contributed by atoms with Crippen molar-refractivity contribution in [1.82, 2.24) is 5.43 Å². The van der Waals surface area contributed by atoms with Gasteiger partial charge in [-0.05, 0) is 42.7 Å². The number of hydrogen-bond donors (Lipinski definition) is 1. The molecule has 0 unspecified atom stereocenters. The lowest BCUT2D eigenvalue weighted by atomic mass is 10.1. The summed E-state index contributed by atoms with van der Waals surface area (Å²) in [5, 5.41) is 4.82. The van der Waals surface area contributed by atoms with E-state index in [0.29, 0.717) is 10.8 Å². The van der Waals surface area contributed by atoms with Gasteiger partial charge in [-0.15, -0.1) is 0 Å². The summed E-state index contributed by atoms with van der Waals surface area (Å²) < 4.78 is 5.49. The summed E-state index contributed by atoms with van der Waals surface area (Å²) in [5.41, 5.74) is 5.22. The first-order valence-corrected chi connectivity index (χ1v) is 7.77. The Morgan fingerprint density at radius 3 is 2.61 bits per heavy atom. The molecule has 2 rings (SSSR count). The van der Waals surface area contributed by atoms with Gasteiger partial charge in [0.05, 0.1) is 5.71 Å². The van der Waals surface area contributed by atoms with Gasteiger partial charge in [0.25, 0.3) is 5.91 Å². The van der Waals surface area contributed by atoms with Crippen LogP contribution in [0.3, 0.4) is 0 Å². The molecule has 0 atom stereocenters. The first-order chi connectivity index (χ1) is 11.1. The summed E-state index contributed by atoms with van der Waals surface area (Å²) in [7, 11) is 0. The molecule has 0 aliphatic heterocycles. The largest absolute Gasteiger partial charge is 0.483 e. The Labute approximate surface area is 141 Å². The highest BCUT2D eigenvalue weighted by Gasteiger charge is 2.06. The Morgan fingerprint density at radius 1 is 1.22 bits per heavy atom. The molecule has 0 aromatic heterocycles. The van der Waals surface area contributed by atoms with Crippen molar-refractivity contribution in [2.45, 2.75) is 20.3 Å². The molecule has 1 N–H and O–H groups in total. The van der Waals surface area contributed by atoms with Gasteiger partial charge in [-0.1, -0.05) is 48.9 Å². The molecule has 0 aliphatic rings. The van der Waals surface area contributed by atoms with Crippen LogP contribution < -0.4 is 10.2 Å². The molecule has 0 aliphatic carbocycles.